The highest BCUT2D eigenvalue weighted by Crippen LogP contribution is 2.21. The predicted molar refractivity (Wildman–Crippen MR) is 65.0 cm³/mol. The van der Waals surface area contributed by atoms with Crippen LogP contribution in [0, 0.1) is 17.1 Å². The zero-order chi connectivity index (χ0) is 12.8. The summed E-state index contributed by atoms with van der Waals surface area (Å²) in [6.45, 7) is 4.35. The third-order valence-corrected chi connectivity index (χ3v) is 2.54. The lowest BCUT2D eigenvalue weighted by atomic mass is 10.1. The predicted octanol–water partition coefficient (Wildman–Crippen LogP) is 2.45. The van der Waals surface area contributed by atoms with E-state index in [2.05, 4.69) is 6.07 Å². The Labute approximate surface area is 101 Å². The normalized spacial score (nSPS) is 10.4. The van der Waals surface area contributed by atoms with Gasteiger partial charge in [0.2, 0.25) is 0 Å². The SMILES string of the molecule is CC(C)N(CCC#N)c1cc(F)cc(CO)c1. The molecule has 1 rings (SSSR count). The Bertz CT molecular complexity index is 412. The number of rotatable bonds is 5. The molecule has 0 aliphatic carbocycles. The Kier molecular flexibility index (Phi) is 4.92. The number of hydrogen-bond donors (Lipinski definition) is 1. The Hall–Kier alpha value is -1.60. The van der Waals surface area contributed by atoms with Gasteiger partial charge in [0, 0.05) is 18.3 Å². The largest absolute Gasteiger partial charge is 0.392 e. The Balaban J connectivity index is 3.01. The van der Waals surface area contributed by atoms with Crippen molar-refractivity contribution in [3.63, 3.8) is 0 Å². The Morgan fingerprint density at radius 3 is 2.65 bits per heavy atom. The van der Waals surface area contributed by atoms with Gasteiger partial charge in [0.15, 0.2) is 0 Å². The first kappa shape index (κ1) is 13.5. The molecular formula is C13H17FN2O. The first-order valence-corrected chi connectivity index (χ1v) is 5.62. The molecule has 3 nitrogen and oxygen atoms in total. The first-order valence-electron chi connectivity index (χ1n) is 5.62. The van der Waals surface area contributed by atoms with E-state index in [0.29, 0.717) is 24.2 Å². The van der Waals surface area contributed by atoms with Crippen molar-refractivity contribution in [2.45, 2.75) is 32.9 Å². The van der Waals surface area contributed by atoms with E-state index < -0.39 is 0 Å². The van der Waals surface area contributed by atoms with Gasteiger partial charge in [0.1, 0.15) is 5.82 Å². The van der Waals surface area contributed by atoms with Crippen molar-refractivity contribution in [3.8, 4) is 6.07 Å². The lowest BCUT2D eigenvalue weighted by Crippen LogP contribution is -2.31. The molecular weight excluding hydrogens is 219 g/mol. The lowest BCUT2D eigenvalue weighted by molar-refractivity contribution is 0.281. The quantitative estimate of drug-likeness (QED) is 0.854. The highest BCUT2D eigenvalue weighted by atomic mass is 19.1. The molecule has 0 radical (unpaired) electrons. The standard InChI is InChI=1S/C13H17FN2O/c1-10(2)16(5-3-4-15)13-7-11(9-17)6-12(14)8-13/h6-8,10,17H,3,5,9H2,1-2H3. The minimum absolute atomic E-state index is 0.177. The minimum atomic E-state index is -0.367. The van der Waals surface area contributed by atoms with Crippen LogP contribution >= 0.6 is 0 Å². The average Bonchev–Trinajstić information content (AvgIpc) is 2.28. The summed E-state index contributed by atoms with van der Waals surface area (Å²) in [4.78, 5) is 1.95. The molecule has 0 aromatic heterocycles. The van der Waals surface area contributed by atoms with Gasteiger partial charge in [0.25, 0.3) is 0 Å². The highest BCUT2D eigenvalue weighted by molar-refractivity contribution is 5.49. The summed E-state index contributed by atoms with van der Waals surface area (Å²) in [6, 6.07) is 6.75. The molecule has 1 N–H and O–H groups in total. The van der Waals surface area contributed by atoms with Gasteiger partial charge < -0.3 is 10.0 Å². The third-order valence-electron chi connectivity index (χ3n) is 2.54. The van der Waals surface area contributed by atoms with Crippen LogP contribution < -0.4 is 4.90 Å². The molecule has 0 heterocycles. The van der Waals surface area contributed by atoms with Crippen LogP contribution in [-0.2, 0) is 6.61 Å². The number of anilines is 1. The van der Waals surface area contributed by atoms with Crippen LogP contribution in [0.4, 0.5) is 10.1 Å². The van der Waals surface area contributed by atoms with Gasteiger partial charge in [-0.05, 0) is 37.6 Å². The summed E-state index contributed by atoms with van der Waals surface area (Å²) in [5.74, 6) is -0.367. The molecule has 1 aromatic rings. The summed E-state index contributed by atoms with van der Waals surface area (Å²) in [7, 11) is 0. The van der Waals surface area contributed by atoms with Crippen molar-refractivity contribution < 1.29 is 9.50 Å². The Morgan fingerprint density at radius 1 is 1.41 bits per heavy atom. The number of aliphatic hydroxyl groups is 1. The molecule has 17 heavy (non-hydrogen) atoms. The lowest BCUT2D eigenvalue weighted by Gasteiger charge is -2.28. The van der Waals surface area contributed by atoms with E-state index in [-0.39, 0.29) is 18.5 Å². The summed E-state index contributed by atoms with van der Waals surface area (Å²) < 4.78 is 13.4. The number of nitriles is 1. The molecule has 0 unspecified atom stereocenters. The molecule has 0 saturated heterocycles. The first-order chi connectivity index (χ1) is 8.08. The molecule has 0 bridgehead atoms. The van der Waals surface area contributed by atoms with E-state index in [1.54, 1.807) is 6.07 Å². The molecule has 1 aromatic carbocycles. The number of nitrogens with zero attached hydrogens (tertiary/aromatic N) is 2. The topological polar surface area (TPSA) is 47.3 Å². The molecule has 0 atom stereocenters. The minimum Gasteiger partial charge on any atom is -0.392 e. The van der Waals surface area contributed by atoms with Gasteiger partial charge in [-0.15, -0.1) is 0 Å². The van der Waals surface area contributed by atoms with Gasteiger partial charge in [-0.25, -0.2) is 4.39 Å². The molecule has 0 spiro atoms. The summed E-state index contributed by atoms with van der Waals surface area (Å²) in [5, 5.41) is 17.7. The second-order valence-corrected chi connectivity index (χ2v) is 4.17. The second-order valence-electron chi connectivity index (χ2n) is 4.17. The molecule has 4 heteroatoms. The van der Waals surface area contributed by atoms with E-state index >= 15 is 0 Å². The molecule has 0 aliphatic heterocycles. The van der Waals surface area contributed by atoms with Crippen molar-refractivity contribution in [1.82, 2.24) is 0 Å². The molecule has 0 saturated carbocycles. The van der Waals surface area contributed by atoms with Crippen molar-refractivity contribution >= 4 is 5.69 Å². The van der Waals surface area contributed by atoms with Gasteiger partial charge in [-0.3, -0.25) is 0 Å². The van der Waals surface area contributed by atoms with Crippen LogP contribution in [0.25, 0.3) is 0 Å². The fourth-order valence-electron chi connectivity index (χ4n) is 1.75. The van der Waals surface area contributed by atoms with Gasteiger partial charge in [-0.1, -0.05) is 0 Å². The smallest absolute Gasteiger partial charge is 0.125 e. The molecule has 0 fully saturated rings. The van der Waals surface area contributed by atoms with E-state index in [9.17, 15) is 4.39 Å². The highest BCUT2D eigenvalue weighted by Gasteiger charge is 2.12. The van der Waals surface area contributed by atoms with Gasteiger partial charge in [-0.2, -0.15) is 5.26 Å². The van der Waals surface area contributed by atoms with Crippen molar-refractivity contribution in [3.05, 3.63) is 29.6 Å². The summed E-state index contributed by atoms with van der Waals surface area (Å²) in [6.07, 6.45) is 0.392. The van der Waals surface area contributed by atoms with Crippen LogP contribution in [0.1, 0.15) is 25.8 Å². The van der Waals surface area contributed by atoms with Crippen molar-refractivity contribution in [1.29, 1.82) is 5.26 Å². The summed E-state index contributed by atoms with van der Waals surface area (Å²) >= 11 is 0. The Morgan fingerprint density at radius 2 is 2.12 bits per heavy atom. The fourth-order valence-corrected chi connectivity index (χ4v) is 1.75. The van der Waals surface area contributed by atoms with Crippen molar-refractivity contribution in [2.24, 2.45) is 0 Å². The fraction of sp³-hybridized carbons (Fsp3) is 0.462. The number of benzene rings is 1. The van der Waals surface area contributed by atoms with E-state index in [1.807, 2.05) is 18.7 Å². The van der Waals surface area contributed by atoms with E-state index in [4.69, 9.17) is 10.4 Å². The van der Waals surface area contributed by atoms with Crippen molar-refractivity contribution in [2.75, 3.05) is 11.4 Å². The second kappa shape index (κ2) is 6.21. The van der Waals surface area contributed by atoms with Crippen LogP contribution in [0.5, 0.6) is 0 Å². The van der Waals surface area contributed by atoms with E-state index in [1.165, 1.54) is 12.1 Å². The van der Waals surface area contributed by atoms with Crippen LogP contribution in [0.2, 0.25) is 0 Å². The van der Waals surface area contributed by atoms with Gasteiger partial charge in [0.05, 0.1) is 19.1 Å². The molecule has 92 valence electrons. The molecule has 0 amide bonds. The number of halogens is 1. The molecule has 0 aliphatic rings. The zero-order valence-electron chi connectivity index (χ0n) is 10.2. The maximum absolute atomic E-state index is 13.4. The van der Waals surface area contributed by atoms with Crippen LogP contribution in [0.15, 0.2) is 18.2 Å². The monoisotopic (exact) mass is 236 g/mol. The maximum atomic E-state index is 13.4. The summed E-state index contributed by atoms with van der Waals surface area (Å²) in [5.41, 5.74) is 1.25. The number of hydrogen-bond acceptors (Lipinski definition) is 3. The average molecular weight is 236 g/mol. The zero-order valence-corrected chi connectivity index (χ0v) is 10.2. The number of aliphatic hydroxyl groups excluding tert-OH is 1. The van der Waals surface area contributed by atoms with Gasteiger partial charge >= 0.3 is 0 Å². The maximum Gasteiger partial charge on any atom is 0.125 e. The van der Waals surface area contributed by atoms with Crippen LogP contribution in [-0.4, -0.2) is 17.7 Å². The van der Waals surface area contributed by atoms with E-state index in [0.717, 1.165) is 0 Å². The van der Waals surface area contributed by atoms with Crippen LogP contribution in [0.3, 0.4) is 0 Å². The third kappa shape index (κ3) is 3.72.